The number of carbonyl (C=O) groups excluding carboxylic acids is 1. The number of ether oxygens (including phenoxy) is 1. The second-order valence-corrected chi connectivity index (χ2v) is 4.98. The van der Waals surface area contributed by atoms with Gasteiger partial charge in [-0.1, -0.05) is 6.07 Å². The van der Waals surface area contributed by atoms with Crippen LogP contribution in [0.5, 0.6) is 5.75 Å². The Bertz CT molecular complexity index is 693. The molecule has 2 aromatic rings. The fraction of sp³-hybridized carbons (Fsp3) is 0.333. The molecule has 2 rings (SSSR count). The van der Waals surface area contributed by atoms with Crippen LogP contribution < -0.4 is 4.74 Å². The number of ketones is 1. The molecule has 0 amide bonds. The predicted molar refractivity (Wildman–Crippen MR) is 73.7 cm³/mol. The van der Waals surface area contributed by atoms with Gasteiger partial charge in [-0.3, -0.25) is 9.48 Å². The van der Waals surface area contributed by atoms with Crippen molar-refractivity contribution in [2.45, 2.75) is 26.8 Å². The average Bonchev–Trinajstić information content (AvgIpc) is 2.87. The van der Waals surface area contributed by atoms with Crippen molar-refractivity contribution in [1.29, 1.82) is 0 Å². The second-order valence-electron chi connectivity index (χ2n) is 4.98. The molecule has 0 saturated heterocycles. The third kappa shape index (κ3) is 2.53. The number of aromatic nitrogens is 2. The third-order valence-electron chi connectivity index (χ3n) is 3.20. The quantitative estimate of drug-likeness (QED) is 0.813. The molecule has 4 nitrogen and oxygen atoms in total. The summed E-state index contributed by atoms with van der Waals surface area (Å²) < 4.78 is 34.5. The minimum absolute atomic E-state index is 0.0379. The van der Waals surface area contributed by atoms with Crippen molar-refractivity contribution in [1.82, 2.24) is 9.78 Å². The van der Waals surface area contributed by atoms with Crippen LogP contribution in [0.1, 0.15) is 41.5 Å². The molecule has 0 aliphatic rings. The zero-order valence-electron chi connectivity index (χ0n) is 12.3. The zero-order chi connectivity index (χ0) is 15.7. The van der Waals surface area contributed by atoms with Crippen LogP contribution in [0.2, 0.25) is 0 Å². The molecule has 0 aliphatic carbocycles. The van der Waals surface area contributed by atoms with Crippen molar-refractivity contribution in [3.8, 4) is 5.75 Å². The molecule has 0 unspecified atom stereocenters. The van der Waals surface area contributed by atoms with Gasteiger partial charge in [-0.15, -0.1) is 0 Å². The molecular formula is C15H16F2N2O2. The molecule has 1 heterocycles. The first kappa shape index (κ1) is 15.2. The van der Waals surface area contributed by atoms with Gasteiger partial charge in [0, 0.05) is 6.04 Å². The summed E-state index contributed by atoms with van der Waals surface area (Å²) in [6, 6.07) is 2.22. The normalized spacial score (nSPS) is 11.0. The third-order valence-corrected chi connectivity index (χ3v) is 3.20. The maximum atomic E-state index is 14.1. The summed E-state index contributed by atoms with van der Waals surface area (Å²) in [4.78, 5) is 12.6. The molecular weight excluding hydrogens is 278 g/mol. The number of halogens is 2. The van der Waals surface area contributed by atoms with Crippen LogP contribution >= 0.6 is 0 Å². The number of benzene rings is 1. The highest BCUT2D eigenvalue weighted by Crippen LogP contribution is 2.27. The van der Waals surface area contributed by atoms with Gasteiger partial charge in [0.1, 0.15) is 11.6 Å². The van der Waals surface area contributed by atoms with Gasteiger partial charge < -0.3 is 4.74 Å². The minimum Gasteiger partial charge on any atom is -0.493 e. The molecule has 1 aromatic carbocycles. The second kappa shape index (κ2) is 5.63. The van der Waals surface area contributed by atoms with Gasteiger partial charge in [-0.2, -0.15) is 5.10 Å². The number of hydrogen-bond acceptors (Lipinski definition) is 3. The first-order valence-electron chi connectivity index (χ1n) is 6.49. The van der Waals surface area contributed by atoms with E-state index in [0.717, 1.165) is 6.07 Å². The van der Waals surface area contributed by atoms with Crippen LogP contribution in [-0.2, 0) is 0 Å². The molecule has 0 N–H and O–H groups in total. The highest BCUT2D eigenvalue weighted by Gasteiger charge is 2.27. The highest BCUT2D eigenvalue weighted by atomic mass is 19.1. The Labute approximate surface area is 121 Å². The Morgan fingerprint density at radius 2 is 2.00 bits per heavy atom. The van der Waals surface area contributed by atoms with Gasteiger partial charge >= 0.3 is 0 Å². The van der Waals surface area contributed by atoms with Gasteiger partial charge in [0.05, 0.1) is 18.9 Å². The molecule has 0 atom stereocenters. The molecule has 0 fully saturated rings. The van der Waals surface area contributed by atoms with Crippen molar-refractivity contribution >= 4 is 5.78 Å². The molecule has 0 radical (unpaired) electrons. The van der Waals surface area contributed by atoms with E-state index in [1.165, 1.54) is 31.0 Å². The Balaban J connectivity index is 2.66. The summed E-state index contributed by atoms with van der Waals surface area (Å²) >= 11 is 0. The van der Waals surface area contributed by atoms with Crippen molar-refractivity contribution in [2.75, 3.05) is 7.11 Å². The van der Waals surface area contributed by atoms with E-state index >= 15 is 0 Å². The largest absolute Gasteiger partial charge is 0.493 e. The van der Waals surface area contributed by atoms with E-state index in [-0.39, 0.29) is 23.0 Å². The lowest BCUT2D eigenvalue weighted by Crippen LogP contribution is -2.17. The van der Waals surface area contributed by atoms with Gasteiger partial charge in [0.2, 0.25) is 5.78 Å². The van der Waals surface area contributed by atoms with E-state index in [9.17, 15) is 13.6 Å². The number of methoxy groups -OCH3 is 1. The van der Waals surface area contributed by atoms with Crippen molar-refractivity contribution in [3.05, 3.63) is 46.8 Å². The number of carbonyl (C=O) groups is 1. The van der Waals surface area contributed by atoms with Crippen molar-refractivity contribution in [3.63, 3.8) is 0 Å². The lowest BCUT2D eigenvalue weighted by Gasteiger charge is -2.12. The maximum absolute atomic E-state index is 14.1. The zero-order valence-corrected chi connectivity index (χ0v) is 12.3. The molecule has 0 spiro atoms. The van der Waals surface area contributed by atoms with E-state index in [0.29, 0.717) is 0 Å². The van der Waals surface area contributed by atoms with Crippen LogP contribution in [0.25, 0.3) is 0 Å². The molecule has 6 heteroatoms. The van der Waals surface area contributed by atoms with Gasteiger partial charge in [0.25, 0.3) is 0 Å². The molecule has 0 saturated carbocycles. The van der Waals surface area contributed by atoms with E-state index in [1.807, 2.05) is 13.8 Å². The first-order valence-corrected chi connectivity index (χ1v) is 6.49. The Morgan fingerprint density at radius 3 is 2.57 bits per heavy atom. The van der Waals surface area contributed by atoms with E-state index in [2.05, 4.69) is 5.10 Å². The Morgan fingerprint density at radius 1 is 1.33 bits per heavy atom. The fourth-order valence-electron chi connectivity index (χ4n) is 2.09. The average molecular weight is 294 g/mol. The van der Waals surface area contributed by atoms with Crippen LogP contribution in [-0.4, -0.2) is 22.7 Å². The lowest BCUT2D eigenvalue weighted by atomic mass is 10.0. The Kier molecular flexibility index (Phi) is 4.06. The molecule has 1 aromatic heterocycles. The molecule has 21 heavy (non-hydrogen) atoms. The van der Waals surface area contributed by atoms with Crippen molar-refractivity contribution in [2.24, 2.45) is 0 Å². The number of nitrogens with zero attached hydrogens (tertiary/aromatic N) is 2. The topological polar surface area (TPSA) is 44.1 Å². The van der Waals surface area contributed by atoms with E-state index < -0.39 is 23.0 Å². The van der Waals surface area contributed by atoms with Crippen LogP contribution in [0, 0.1) is 18.6 Å². The van der Waals surface area contributed by atoms with Crippen molar-refractivity contribution < 1.29 is 18.3 Å². The summed E-state index contributed by atoms with van der Waals surface area (Å²) in [6.45, 7) is 5.10. The van der Waals surface area contributed by atoms with Gasteiger partial charge in [-0.05, 0) is 32.4 Å². The van der Waals surface area contributed by atoms with Gasteiger partial charge in [-0.25, -0.2) is 8.78 Å². The lowest BCUT2D eigenvalue weighted by molar-refractivity contribution is 0.101. The first-order chi connectivity index (χ1) is 9.88. The predicted octanol–water partition coefficient (Wildman–Crippen LogP) is 3.29. The minimum atomic E-state index is -0.901. The van der Waals surface area contributed by atoms with E-state index in [4.69, 9.17) is 4.74 Å². The summed E-state index contributed by atoms with van der Waals surface area (Å²) in [5.74, 6) is -2.36. The molecule has 0 bridgehead atoms. The highest BCUT2D eigenvalue weighted by molar-refractivity contribution is 6.10. The molecule has 112 valence electrons. The summed E-state index contributed by atoms with van der Waals surface area (Å²) in [6.07, 6.45) is 1.36. The van der Waals surface area contributed by atoms with E-state index in [1.54, 1.807) is 0 Å². The van der Waals surface area contributed by atoms with Crippen LogP contribution in [0.4, 0.5) is 8.78 Å². The number of rotatable bonds is 4. The number of aryl methyl sites for hydroxylation is 1. The van der Waals surface area contributed by atoms with Gasteiger partial charge in [0.15, 0.2) is 11.4 Å². The summed E-state index contributed by atoms with van der Waals surface area (Å²) in [5, 5.41) is 4.04. The standard InChI is InChI=1S/C15H16F2N2O2/c1-8(2)19-14(11(21-4)7-18-19)15(20)12-10(16)6-5-9(3)13(12)17/h5-8H,1-4H3. The summed E-state index contributed by atoms with van der Waals surface area (Å²) in [7, 11) is 1.38. The van der Waals surface area contributed by atoms with Crippen LogP contribution in [0.3, 0.4) is 0 Å². The van der Waals surface area contributed by atoms with Crippen LogP contribution in [0.15, 0.2) is 18.3 Å². The smallest absolute Gasteiger partial charge is 0.220 e. The number of hydrogen-bond donors (Lipinski definition) is 0. The SMILES string of the molecule is COc1cnn(C(C)C)c1C(=O)c1c(F)ccc(C)c1F. The monoisotopic (exact) mass is 294 g/mol. The molecule has 0 aliphatic heterocycles. The summed E-state index contributed by atoms with van der Waals surface area (Å²) in [5.41, 5.74) is -0.346. The Hall–Kier alpha value is -2.24. The fourth-order valence-corrected chi connectivity index (χ4v) is 2.09. The maximum Gasteiger partial charge on any atom is 0.220 e.